The van der Waals surface area contributed by atoms with Crippen LogP contribution in [-0.4, -0.2) is 29.1 Å². The lowest BCUT2D eigenvalue weighted by Crippen LogP contribution is -2.38. The zero-order valence-corrected chi connectivity index (χ0v) is 10.0. The molecule has 92 valence electrons. The quantitative estimate of drug-likeness (QED) is 0.746. The van der Waals surface area contributed by atoms with Gasteiger partial charge in [-0.05, 0) is 25.5 Å². The minimum atomic E-state index is 0.422. The molecule has 0 saturated carbocycles. The van der Waals surface area contributed by atoms with Crippen LogP contribution >= 0.6 is 0 Å². The molecule has 1 saturated heterocycles. The number of nitrogens with zero attached hydrogens (tertiary/aromatic N) is 2. The first-order valence-corrected chi connectivity index (χ1v) is 6.22. The molecule has 0 unspecified atom stereocenters. The van der Waals surface area contributed by atoms with Crippen molar-refractivity contribution in [1.29, 1.82) is 5.26 Å². The average Bonchev–Trinajstić information content (AvgIpc) is 2.84. The molecule has 18 heavy (non-hydrogen) atoms. The minimum Gasteiger partial charge on any atom is -0.380 e. The second-order valence-electron chi connectivity index (χ2n) is 4.58. The van der Waals surface area contributed by atoms with Crippen LogP contribution in [0.15, 0.2) is 18.5 Å². The Balaban J connectivity index is 1.95. The molecule has 1 aliphatic rings. The first-order chi connectivity index (χ1) is 8.88. The lowest BCUT2D eigenvalue weighted by Gasteiger charge is -2.25. The third-order valence-electron chi connectivity index (χ3n) is 3.35. The van der Waals surface area contributed by atoms with Gasteiger partial charge in [0.1, 0.15) is 11.7 Å². The maximum absolute atomic E-state index is 9.12. The van der Waals surface area contributed by atoms with Gasteiger partial charge < -0.3 is 15.6 Å². The lowest BCUT2D eigenvalue weighted by atomic mass is 10.1. The van der Waals surface area contributed by atoms with Crippen LogP contribution in [0.4, 0.5) is 5.69 Å². The van der Waals surface area contributed by atoms with Crippen molar-refractivity contribution < 1.29 is 0 Å². The number of nitriles is 1. The van der Waals surface area contributed by atoms with Gasteiger partial charge in [0.25, 0.3) is 0 Å². The van der Waals surface area contributed by atoms with E-state index in [1.54, 1.807) is 12.4 Å². The summed E-state index contributed by atoms with van der Waals surface area (Å²) in [6, 6.07) is 4.56. The Labute approximate surface area is 105 Å². The van der Waals surface area contributed by atoms with Gasteiger partial charge in [0.15, 0.2) is 0 Å². The van der Waals surface area contributed by atoms with E-state index in [1.807, 2.05) is 6.07 Å². The number of H-pyrrole nitrogens is 1. The van der Waals surface area contributed by atoms with E-state index in [1.165, 1.54) is 6.42 Å². The highest BCUT2D eigenvalue weighted by atomic mass is 15.0. The second-order valence-corrected chi connectivity index (χ2v) is 4.58. The molecular weight excluding hydrogens is 226 g/mol. The summed E-state index contributed by atoms with van der Waals surface area (Å²) in [5.74, 6) is 0. The SMILES string of the molecule is N#Cc1c[nH]c2nccc(N[C@@H]3CCCNC3)c12. The van der Waals surface area contributed by atoms with Gasteiger partial charge in [-0.15, -0.1) is 0 Å². The zero-order chi connectivity index (χ0) is 12.4. The van der Waals surface area contributed by atoms with E-state index < -0.39 is 0 Å². The van der Waals surface area contributed by atoms with E-state index in [4.69, 9.17) is 5.26 Å². The highest BCUT2D eigenvalue weighted by Crippen LogP contribution is 2.25. The van der Waals surface area contributed by atoms with E-state index in [0.29, 0.717) is 11.6 Å². The predicted molar refractivity (Wildman–Crippen MR) is 70.3 cm³/mol. The normalized spacial score (nSPS) is 19.6. The lowest BCUT2D eigenvalue weighted by molar-refractivity contribution is 0.480. The molecule has 3 N–H and O–H groups in total. The monoisotopic (exact) mass is 241 g/mol. The Bertz CT molecular complexity index is 589. The van der Waals surface area contributed by atoms with Gasteiger partial charge in [-0.2, -0.15) is 5.26 Å². The number of anilines is 1. The first-order valence-electron chi connectivity index (χ1n) is 6.22. The number of aromatic nitrogens is 2. The van der Waals surface area contributed by atoms with E-state index >= 15 is 0 Å². The Morgan fingerprint density at radius 2 is 2.44 bits per heavy atom. The number of rotatable bonds is 2. The van der Waals surface area contributed by atoms with Crippen molar-refractivity contribution in [2.24, 2.45) is 0 Å². The van der Waals surface area contributed by atoms with E-state index in [9.17, 15) is 0 Å². The first kappa shape index (κ1) is 11.1. The Morgan fingerprint density at radius 3 is 3.22 bits per heavy atom. The number of fused-ring (bicyclic) bond motifs is 1. The Kier molecular flexibility index (Phi) is 2.87. The highest BCUT2D eigenvalue weighted by molar-refractivity contribution is 5.94. The Morgan fingerprint density at radius 1 is 1.50 bits per heavy atom. The van der Waals surface area contributed by atoms with Crippen molar-refractivity contribution in [2.75, 3.05) is 18.4 Å². The van der Waals surface area contributed by atoms with Crippen molar-refractivity contribution >= 4 is 16.7 Å². The van der Waals surface area contributed by atoms with Gasteiger partial charge >= 0.3 is 0 Å². The molecule has 1 fully saturated rings. The fourth-order valence-corrected chi connectivity index (χ4v) is 2.46. The summed E-state index contributed by atoms with van der Waals surface area (Å²) in [6.45, 7) is 2.06. The molecule has 1 atom stereocenters. The maximum atomic E-state index is 9.12. The molecule has 3 rings (SSSR count). The molecule has 3 heterocycles. The molecule has 0 aliphatic carbocycles. The van der Waals surface area contributed by atoms with E-state index in [0.717, 1.165) is 36.2 Å². The molecule has 0 radical (unpaired) electrons. The van der Waals surface area contributed by atoms with Crippen LogP contribution in [0.1, 0.15) is 18.4 Å². The topological polar surface area (TPSA) is 76.5 Å². The molecule has 5 nitrogen and oxygen atoms in total. The largest absolute Gasteiger partial charge is 0.380 e. The maximum Gasteiger partial charge on any atom is 0.140 e. The van der Waals surface area contributed by atoms with Crippen LogP contribution in [0.3, 0.4) is 0 Å². The van der Waals surface area contributed by atoms with E-state index in [2.05, 4.69) is 26.7 Å². The van der Waals surface area contributed by atoms with Crippen molar-refractivity contribution in [3.63, 3.8) is 0 Å². The van der Waals surface area contributed by atoms with Gasteiger partial charge in [0.2, 0.25) is 0 Å². The second kappa shape index (κ2) is 4.67. The summed E-state index contributed by atoms with van der Waals surface area (Å²) in [7, 11) is 0. The summed E-state index contributed by atoms with van der Waals surface area (Å²) >= 11 is 0. The number of pyridine rings is 1. The third-order valence-corrected chi connectivity index (χ3v) is 3.35. The van der Waals surface area contributed by atoms with Crippen LogP contribution in [0, 0.1) is 11.3 Å². The van der Waals surface area contributed by atoms with Gasteiger partial charge in [0.05, 0.1) is 10.9 Å². The van der Waals surface area contributed by atoms with Crippen molar-refractivity contribution in [2.45, 2.75) is 18.9 Å². The summed E-state index contributed by atoms with van der Waals surface area (Å²) in [5, 5.41) is 16.9. The van der Waals surface area contributed by atoms with Gasteiger partial charge in [0, 0.05) is 30.7 Å². The van der Waals surface area contributed by atoms with Crippen LogP contribution in [0.5, 0.6) is 0 Å². The van der Waals surface area contributed by atoms with Crippen molar-refractivity contribution in [3.05, 3.63) is 24.0 Å². The number of hydrogen-bond donors (Lipinski definition) is 3. The van der Waals surface area contributed by atoms with Crippen LogP contribution in [0.2, 0.25) is 0 Å². The Hall–Kier alpha value is -2.06. The summed E-state index contributed by atoms with van der Waals surface area (Å²) < 4.78 is 0. The third kappa shape index (κ3) is 1.91. The summed E-state index contributed by atoms with van der Waals surface area (Å²) in [5.41, 5.74) is 2.40. The molecule has 2 aromatic rings. The zero-order valence-electron chi connectivity index (χ0n) is 10.0. The van der Waals surface area contributed by atoms with Gasteiger partial charge in [-0.1, -0.05) is 0 Å². The fourth-order valence-electron chi connectivity index (χ4n) is 2.46. The predicted octanol–water partition coefficient (Wildman–Crippen LogP) is 1.60. The molecule has 0 amide bonds. The van der Waals surface area contributed by atoms with Crippen LogP contribution < -0.4 is 10.6 Å². The summed E-state index contributed by atoms with van der Waals surface area (Å²) in [4.78, 5) is 7.27. The average molecular weight is 241 g/mol. The smallest absolute Gasteiger partial charge is 0.140 e. The molecule has 1 aliphatic heterocycles. The molecular formula is C13H15N5. The number of piperidine rings is 1. The molecule has 0 spiro atoms. The van der Waals surface area contributed by atoms with Crippen LogP contribution in [0.25, 0.3) is 11.0 Å². The molecule has 0 bridgehead atoms. The highest BCUT2D eigenvalue weighted by Gasteiger charge is 2.15. The summed E-state index contributed by atoms with van der Waals surface area (Å²) in [6.07, 6.45) is 5.81. The number of hydrogen-bond acceptors (Lipinski definition) is 4. The van der Waals surface area contributed by atoms with Crippen molar-refractivity contribution in [3.8, 4) is 6.07 Å². The van der Waals surface area contributed by atoms with Gasteiger partial charge in [-0.25, -0.2) is 4.98 Å². The van der Waals surface area contributed by atoms with Crippen molar-refractivity contribution in [1.82, 2.24) is 15.3 Å². The molecule has 5 heteroatoms. The standard InChI is InChI=1S/C13H15N5/c14-6-9-7-17-13-12(9)11(3-5-16-13)18-10-2-1-4-15-8-10/h3,5,7,10,15H,1-2,4,8H2,(H2,16,17,18)/t10-/m1/s1. The van der Waals surface area contributed by atoms with E-state index in [-0.39, 0.29) is 0 Å². The van der Waals surface area contributed by atoms with Crippen LogP contribution in [-0.2, 0) is 0 Å². The minimum absolute atomic E-state index is 0.422. The fraction of sp³-hybridized carbons (Fsp3) is 0.385. The number of aromatic amines is 1. The molecule has 0 aromatic carbocycles. The van der Waals surface area contributed by atoms with Gasteiger partial charge in [-0.3, -0.25) is 0 Å². The number of nitrogens with one attached hydrogen (secondary N) is 3. The molecule has 2 aromatic heterocycles.